The van der Waals surface area contributed by atoms with Gasteiger partial charge in [0.25, 0.3) is 0 Å². The summed E-state index contributed by atoms with van der Waals surface area (Å²) in [6.45, 7) is 1.98. The third kappa shape index (κ3) is 2.25. The molecule has 1 aliphatic carbocycles. The quantitative estimate of drug-likeness (QED) is 0.676. The van der Waals surface area contributed by atoms with Crippen molar-refractivity contribution < 1.29 is 5.11 Å². The van der Waals surface area contributed by atoms with Crippen LogP contribution in [0.5, 0.6) is 0 Å². The number of nitrogens with zero attached hydrogens (tertiary/aromatic N) is 1. The minimum atomic E-state index is -1.05. The van der Waals surface area contributed by atoms with Crippen molar-refractivity contribution in [2.45, 2.75) is 37.8 Å². The van der Waals surface area contributed by atoms with Gasteiger partial charge in [0.1, 0.15) is 11.6 Å². The van der Waals surface area contributed by atoms with Gasteiger partial charge >= 0.3 is 0 Å². The number of hydrogen-bond donors (Lipinski definition) is 1. The first-order chi connectivity index (χ1) is 6.23. The molecule has 72 valence electrons. The molecule has 1 N–H and O–H groups in total. The standard InChI is InChI=1S/C10H15NO2/c1-2-6-9(11-13)10(12)7-4-3-5-8-10/h3-5,7,9,12H,2,6,8H2,1H3/t9-,10-/m1/s1. The predicted octanol–water partition coefficient (Wildman–Crippen LogP) is 2.17. The van der Waals surface area contributed by atoms with Crippen LogP contribution in [0.2, 0.25) is 0 Å². The summed E-state index contributed by atoms with van der Waals surface area (Å²) in [5.74, 6) is 0. The largest absolute Gasteiger partial charge is 0.383 e. The van der Waals surface area contributed by atoms with E-state index in [2.05, 4.69) is 5.18 Å². The molecule has 0 heterocycles. The van der Waals surface area contributed by atoms with Crippen molar-refractivity contribution in [1.29, 1.82) is 0 Å². The molecule has 0 radical (unpaired) electrons. The summed E-state index contributed by atoms with van der Waals surface area (Å²) in [5, 5.41) is 13.0. The molecule has 2 atom stereocenters. The minimum absolute atomic E-state index is 0.486. The fourth-order valence-electron chi connectivity index (χ4n) is 1.54. The number of hydrogen-bond acceptors (Lipinski definition) is 3. The lowest BCUT2D eigenvalue weighted by molar-refractivity contribution is 0.0614. The molecule has 3 nitrogen and oxygen atoms in total. The normalized spacial score (nSPS) is 28.8. The van der Waals surface area contributed by atoms with E-state index < -0.39 is 11.6 Å². The van der Waals surface area contributed by atoms with Gasteiger partial charge in [-0.1, -0.05) is 42.8 Å². The van der Waals surface area contributed by atoms with Crippen LogP contribution in [0.15, 0.2) is 29.5 Å². The molecule has 0 fully saturated rings. The monoisotopic (exact) mass is 181 g/mol. The Morgan fingerprint density at radius 2 is 2.38 bits per heavy atom. The number of allylic oxidation sites excluding steroid dienone is 2. The van der Waals surface area contributed by atoms with Crippen molar-refractivity contribution in [3.63, 3.8) is 0 Å². The van der Waals surface area contributed by atoms with Crippen molar-refractivity contribution in [3.05, 3.63) is 29.2 Å². The van der Waals surface area contributed by atoms with Gasteiger partial charge in [-0.25, -0.2) is 0 Å². The average molecular weight is 181 g/mol. The summed E-state index contributed by atoms with van der Waals surface area (Å²) in [7, 11) is 0. The lowest BCUT2D eigenvalue weighted by Gasteiger charge is -2.29. The molecule has 1 aliphatic rings. The van der Waals surface area contributed by atoms with Gasteiger partial charge < -0.3 is 5.11 Å². The van der Waals surface area contributed by atoms with Crippen molar-refractivity contribution >= 4 is 0 Å². The molecular formula is C10H15NO2. The molecule has 1 rings (SSSR count). The van der Waals surface area contributed by atoms with Crippen LogP contribution in [0.4, 0.5) is 0 Å². The van der Waals surface area contributed by atoms with E-state index in [9.17, 15) is 10.0 Å². The summed E-state index contributed by atoms with van der Waals surface area (Å²) < 4.78 is 0. The van der Waals surface area contributed by atoms with Crippen LogP contribution in [-0.4, -0.2) is 16.7 Å². The zero-order valence-corrected chi connectivity index (χ0v) is 7.81. The summed E-state index contributed by atoms with van der Waals surface area (Å²) in [5.41, 5.74) is -1.05. The van der Waals surface area contributed by atoms with Crippen LogP contribution >= 0.6 is 0 Å². The van der Waals surface area contributed by atoms with Crippen molar-refractivity contribution in [2.24, 2.45) is 5.18 Å². The Balaban J connectivity index is 2.71. The maximum absolute atomic E-state index is 10.5. The van der Waals surface area contributed by atoms with Gasteiger partial charge in [-0.2, -0.15) is 4.91 Å². The van der Waals surface area contributed by atoms with Gasteiger partial charge in [-0.3, -0.25) is 0 Å². The van der Waals surface area contributed by atoms with Crippen molar-refractivity contribution in [2.75, 3.05) is 0 Å². The Bertz CT molecular complexity index is 235. The van der Waals surface area contributed by atoms with Gasteiger partial charge in [0.05, 0.1) is 0 Å². The molecule has 0 spiro atoms. The van der Waals surface area contributed by atoms with Crippen LogP contribution in [0.3, 0.4) is 0 Å². The fraction of sp³-hybridized carbons (Fsp3) is 0.600. The molecule has 0 aromatic carbocycles. The fourth-order valence-corrected chi connectivity index (χ4v) is 1.54. The molecule has 0 aliphatic heterocycles. The second-order valence-electron chi connectivity index (χ2n) is 3.39. The lowest BCUT2D eigenvalue weighted by atomic mass is 9.86. The Kier molecular flexibility index (Phi) is 3.37. The van der Waals surface area contributed by atoms with Gasteiger partial charge in [0, 0.05) is 6.42 Å². The smallest absolute Gasteiger partial charge is 0.124 e. The maximum Gasteiger partial charge on any atom is 0.124 e. The van der Waals surface area contributed by atoms with E-state index in [0.29, 0.717) is 12.8 Å². The van der Waals surface area contributed by atoms with Crippen LogP contribution in [0.1, 0.15) is 26.2 Å². The van der Waals surface area contributed by atoms with Crippen LogP contribution in [0, 0.1) is 4.91 Å². The molecule has 0 amide bonds. The summed E-state index contributed by atoms with van der Waals surface area (Å²) in [6.07, 6.45) is 9.12. The van der Waals surface area contributed by atoms with Crippen LogP contribution in [0.25, 0.3) is 0 Å². The van der Waals surface area contributed by atoms with Gasteiger partial charge in [-0.15, -0.1) is 0 Å². The molecular weight excluding hydrogens is 166 g/mol. The Hall–Kier alpha value is -0.960. The maximum atomic E-state index is 10.5. The lowest BCUT2D eigenvalue weighted by Crippen LogP contribution is -2.39. The van der Waals surface area contributed by atoms with Crippen molar-refractivity contribution in [3.8, 4) is 0 Å². The molecule has 0 saturated carbocycles. The Labute approximate surface area is 78.1 Å². The third-order valence-corrected chi connectivity index (χ3v) is 2.34. The second-order valence-corrected chi connectivity index (χ2v) is 3.39. The molecule has 0 saturated heterocycles. The van der Waals surface area contributed by atoms with E-state index in [0.717, 1.165) is 6.42 Å². The first kappa shape index (κ1) is 10.1. The first-order valence-corrected chi connectivity index (χ1v) is 4.62. The average Bonchev–Trinajstić information content (AvgIpc) is 2.15. The van der Waals surface area contributed by atoms with Gasteiger partial charge in [0.2, 0.25) is 0 Å². The Morgan fingerprint density at radius 1 is 1.62 bits per heavy atom. The summed E-state index contributed by atoms with van der Waals surface area (Å²) in [6, 6.07) is -0.515. The highest BCUT2D eigenvalue weighted by atomic mass is 16.3. The number of aliphatic hydroxyl groups is 1. The molecule has 0 bridgehead atoms. The van der Waals surface area contributed by atoms with E-state index in [1.807, 2.05) is 19.1 Å². The summed E-state index contributed by atoms with van der Waals surface area (Å²) in [4.78, 5) is 10.5. The SMILES string of the molecule is CCC[C@@H](N=O)[C@@]1(O)C=CC=CC1. The van der Waals surface area contributed by atoms with E-state index >= 15 is 0 Å². The molecule has 0 aromatic heterocycles. The minimum Gasteiger partial charge on any atom is -0.383 e. The predicted molar refractivity (Wildman–Crippen MR) is 52.3 cm³/mol. The second kappa shape index (κ2) is 4.33. The molecule has 0 aromatic rings. The van der Waals surface area contributed by atoms with Crippen LogP contribution in [-0.2, 0) is 0 Å². The van der Waals surface area contributed by atoms with Gasteiger partial charge in [-0.05, 0) is 6.42 Å². The Morgan fingerprint density at radius 3 is 2.85 bits per heavy atom. The van der Waals surface area contributed by atoms with E-state index in [4.69, 9.17) is 0 Å². The van der Waals surface area contributed by atoms with E-state index in [-0.39, 0.29) is 0 Å². The number of rotatable bonds is 4. The van der Waals surface area contributed by atoms with Crippen molar-refractivity contribution in [1.82, 2.24) is 0 Å². The topological polar surface area (TPSA) is 49.7 Å². The number of nitroso groups, excluding NO2 is 1. The zero-order valence-electron chi connectivity index (χ0n) is 7.81. The first-order valence-electron chi connectivity index (χ1n) is 4.62. The summed E-state index contributed by atoms with van der Waals surface area (Å²) >= 11 is 0. The highest BCUT2D eigenvalue weighted by Gasteiger charge is 2.34. The van der Waals surface area contributed by atoms with Crippen LogP contribution < -0.4 is 0 Å². The molecule has 3 heteroatoms. The molecule has 0 unspecified atom stereocenters. The van der Waals surface area contributed by atoms with E-state index in [1.54, 1.807) is 12.2 Å². The van der Waals surface area contributed by atoms with E-state index in [1.165, 1.54) is 0 Å². The highest BCUT2D eigenvalue weighted by molar-refractivity contribution is 5.20. The third-order valence-electron chi connectivity index (χ3n) is 2.34. The highest BCUT2D eigenvalue weighted by Crippen LogP contribution is 2.26. The zero-order chi connectivity index (χ0) is 9.73. The molecule has 13 heavy (non-hydrogen) atoms. The van der Waals surface area contributed by atoms with Gasteiger partial charge in [0.15, 0.2) is 0 Å².